The Morgan fingerprint density at radius 3 is 1.70 bits per heavy atom. The van der Waals surface area contributed by atoms with Gasteiger partial charge in [-0.25, -0.2) is 0 Å². The minimum atomic E-state index is -0.000485. The molecule has 2 aromatic carbocycles. The summed E-state index contributed by atoms with van der Waals surface area (Å²) in [7, 11) is 0. The van der Waals surface area contributed by atoms with Gasteiger partial charge in [0.15, 0.2) is 0 Å². The van der Waals surface area contributed by atoms with Gasteiger partial charge in [-0.3, -0.25) is 9.59 Å². The Kier molecular flexibility index (Phi) is 6.12. The number of rotatable bonds is 5. The smallest absolute Gasteiger partial charge is 0.253 e. The Hall–Kier alpha value is -2.82. The van der Waals surface area contributed by atoms with E-state index in [4.69, 9.17) is 4.74 Å². The molecule has 5 nitrogen and oxygen atoms in total. The molecule has 0 saturated carbocycles. The molecular weight excluding hydrogens is 340 g/mol. The van der Waals surface area contributed by atoms with Crippen LogP contribution in [0.4, 0.5) is 0 Å². The molecular formula is C22H26N2O3. The van der Waals surface area contributed by atoms with Crippen LogP contribution in [0.25, 0.3) is 0 Å². The first-order valence-corrected chi connectivity index (χ1v) is 9.46. The predicted molar refractivity (Wildman–Crippen MR) is 105 cm³/mol. The lowest BCUT2D eigenvalue weighted by molar-refractivity contribution is 0.0535. The molecule has 1 heterocycles. The lowest BCUT2D eigenvalue weighted by atomic mass is 10.1. The van der Waals surface area contributed by atoms with Gasteiger partial charge in [0, 0.05) is 37.3 Å². The minimum absolute atomic E-state index is 0.000485. The largest absolute Gasteiger partial charge is 0.494 e. The van der Waals surface area contributed by atoms with E-state index in [-0.39, 0.29) is 11.8 Å². The second-order valence-electron chi connectivity index (χ2n) is 6.82. The quantitative estimate of drug-likeness (QED) is 0.815. The number of ether oxygens (including phenoxy) is 1. The number of carbonyl (C=O) groups is 2. The molecule has 0 spiro atoms. The summed E-state index contributed by atoms with van der Waals surface area (Å²) in [5, 5.41) is 0. The Morgan fingerprint density at radius 2 is 1.26 bits per heavy atom. The Bertz CT molecular complexity index is 776. The maximum atomic E-state index is 12.7. The second kappa shape index (κ2) is 8.71. The third-order valence-electron chi connectivity index (χ3n) is 4.73. The Morgan fingerprint density at radius 1 is 0.815 bits per heavy atom. The van der Waals surface area contributed by atoms with Crippen molar-refractivity contribution in [2.75, 3.05) is 32.8 Å². The molecule has 2 aromatic rings. The van der Waals surface area contributed by atoms with E-state index in [0.29, 0.717) is 43.9 Å². The summed E-state index contributed by atoms with van der Waals surface area (Å²) in [4.78, 5) is 28.9. The summed E-state index contributed by atoms with van der Waals surface area (Å²) in [6.07, 6.45) is 0.951. The fourth-order valence-electron chi connectivity index (χ4n) is 3.09. The van der Waals surface area contributed by atoms with Gasteiger partial charge in [0.05, 0.1) is 6.61 Å². The van der Waals surface area contributed by atoms with E-state index in [2.05, 4.69) is 6.92 Å². The monoisotopic (exact) mass is 366 g/mol. The van der Waals surface area contributed by atoms with Crippen molar-refractivity contribution < 1.29 is 14.3 Å². The number of benzene rings is 2. The molecule has 1 fully saturated rings. The molecule has 0 unspecified atom stereocenters. The molecule has 0 bridgehead atoms. The van der Waals surface area contributed by atoms with Crippen LogP contribution in [0.3, 0.4) is 0 Å². The molecule has 5 heteroatoms. The van der Waals surface area contributed by atoms with Crippen molar-refractivity contribution in [3.63, 3.8) is 0 Å². The Labute approximate surface area is 160 Å². The van der Waals surface area contributed by atoms with Crippen LogP contribution in [-0.4, -0.2) is 54.4 Å². The number of amides is 2. The molecule has 0 atom stereocenters. The van der Waals surface area contributed by atoms with Crippen LogP contribution in [0.5, 0.6) is 5.75 Å². The minimum Gasteiger partial charge on any atom is -0.494 e. The number of hydrogen-bond donors (Lipinski definition) is 0. The van der Waals surface area contributed by atoms with Crippen LogP contribution in [0.2, 0.25) is 0 Å². The van der Waals surface area contributed by atoms with Crippen molar-refractivity contribution in [3.05, 3.63) is 65.2 Å². The number of hydrogen-bond acceptors (Lipinski definition) is 3. The van der Waals surface area contributed by atoms with E-state index in [9.17, 15) is 9.59 Å². The second-order valence-corrected chi connectivity index (χ2v) is 6.82. The van der Waals surface area contributed by atoms with Gasteiger partial charge in [-0.2, -0.15) is 0 Å². The highest BCUT2D eigenvalue weighted by Crippen LogP contribution is 2.16. The van der Waals surface area contributed by atoms with Gasteiger partial charge < -0.3 is 14.5 Å². The van der Waals surface area contributed by atoms with Crippen LogP contribution >= 0.6 is 0 Å². The highest BCUT2D eigenvalue weighted by molar-refractivity contribution is 5.96. The van der Waals surface area contributed by atoms with Gasteiger partial charge >= 0.3 is 0 Å². The topological polar surface area (TPSA) is 49.9 Å². The third kappa shape index (κ3) is 4.67. The first-order chi connectivity index (χ1) is 13.1. The van der Waals surface area contributed by atoms with Gasteiger partial charge in [-0.05, 0) is 49.7 Å². The molecule has 0 aliphatic carbocycles. The van der Waals surface area contributed by atoms with Crippen LogP contribution in [0.1, 0.15) is 39.6 Å². The summed E-state index contributed by atoms with van der Waals surface area (Å²) in [5.41, 5.74) is 2.48. The van der Waals surface area contributed by atoms with E-state index >= 15 is 0 Å². The summed E-state index contributed by atoms with van der Waals surface area (Å²) >= 11 is 0. The first kappa shape index (κ1) is 19.0. The highest BCUT2D eigenvalue weighted by atomic mass is 16.5. The number of piperazine rings is 1. The van der Waals surface area contributed by atoms with Crippen molar-refractivity contribution in [2.45, 2.75) is 20.3 Å². The standard InChI is InChI=1S/C22H26N2O3/c1-3-16-27-20-10-8-19(9-11-20)22(26)24-14-12-23(13-15-24)21(25)18-6-4-17(2)5-7-18/h4-11H,3,12-16H2,1-2H3. The van der Waals surface area contributed by atoms with Crippen LogP contribution < -0.4 is 4.74 Å². The first-order valence-electron chi connectivity index (χ1n) is 9.46. The van der Waals surface area contributed by atoms with Crippen molar-refractivity contribution in [2.24, 2.45) is 0 Å². The van der Waals surface area contributed by atoms with E-state index in [0.717, 1.165) is 17.7 Å². The van der Waals surface area contributed by atoms with Gasteiger partial charge in [0.2, 0.25) is 0 Å². The van der Waals surface area contributed by atoms with Crippen molar-refractivity contribution in [3.8, 4) is 5.75 Å². The van der Waals surface area contributed by atoms with E-state index in [1.165, 1.54) is 0 Å². The number of carbonyl (C=O) groups excluding carboxylic acids is 2. The van der Waals surface area contributed by atoms with E-state index < -0.39 is 0 Å². The average Bonchev–Trinajstić information content (AvgIpc) is 2.72. The maximum Gasteiger partial charge on any atom is 0.253 e. The summed E-state index contributed by atoms with van der Waals surface area (Å²) in [5.74, 6) is 0.806. The molecule has 0 aromatic heterocycles. The zero-order valence-electron chi connectivity index (χ0n) is 16.0. The van der Waals surface area contributed by atoms with Crippen LogP contribution in [0.15, 0.2) is 48.5 Å². The van der Waals surface area contributed by atoms with Crippen LogP contribution in [0, 0.1) is 6.92 Å². The molecule has 1 aliphatic heterocycles. The fourth-order valence-corrected chi connectivity index (χ4v) is 3.09. The lowest BCUT2D eigenvalue weighted by Crippen LogP contribution is -2.50. The zero-order chi connectivity index (χ0) is 19.2. The normalized spacial score (nSPS) is 14.1. The number of aryl methyl sites for hydroxylation is 1. The summed E-state index contributed by atoms with van der Waals surface area (Å²) in [6, 6.07) is 14.9. The zero-order valence-corrected chi connectivity index (χ0v) is 16.0. The molecule has 27 heavy (non-hydrogen) atoms. The van der Waals surface area contributed by atoms with E-state index in [1.807, 2.05) is 48.2 Å². The summed E-state index contributed by atoms with van der Waals surface area (Å²) in [6.45, 7) is 6.92. The highest BCUT2D eigenvalue weighted by Gasteiger charge is 2.25. The molecule has 1 saturated heterocycles. The lowest BCUT2D eigenvalue weighted by Gasteiger charge is -2.35. The fraction of sp³-hybridized carbons (Fsp3) is 0.364. The molecule has 0 radical (unpaired) electrons. The molecule has 0 N–H and O–H groups in total. The van der Waals surface area contributed by atoms with Gasteiger partial charge in [0.25, 0.3) is 11.8 Å². The van der Waals surface area contributed by atoms with Gasteiger partial charge in [0.1, 0.15) is 5.75 Å². The summed E-state index contributed by atoms with van der Waals surface area (Å²) < 4.78 is 5.56. The van der Waals surface area contributed by atoms with Gasteiger partial charge in [-0.15, -0.1) is 0 Å². The van der Waals surface area contributed by atoms with Crippen molar-refractivity contribution >= 4 is 11.8 Å². The molecule has 1 aliphatic rings. The third-order valence-corrected chi connectivity index (χ3v) is 4.73. The predicted octanol–water partition coefficient (Wildman–Crippen LogP) is 3.38. The SMILES string of the molecule is CCCOc1ccc(C(=O)N2CCN(C(=O)c3ccc(C)cc3)CC2)cc1. The van der Waals surface area contributed by atoms with Crippen LogP contribution in [-0.2, 0) is 0 Å². The van der Waals surface area contributed by atoms with Crippen molar-refractivity contribution in [1.29, 1.82) is 0 Å². The average molecular weight is 366 g/mol. The molecule has 3 rings (SSSR count). The molecule has 142 valence electrons. The van der Waals surface area contributed by atoms with E-state index in [1.54, 1.807) is 17.0 Å². The van der Waals surface area contributed by atoms with Gasteiger partial charge in [-0.1, -0.05) is 24.6 Å². The van der Waals surface area contributed by atoms with Crippen molar-refractivity contribution in [1.82, 2.24) is 9.80 Å². The number of nitrogens with zero attached hydrogens (tertiary/aromatic N) is 2. The molecule has 2 amide bonds. The Balaban J connectivity index is 1.56. The maximum absolute atomic E-state index is 12.7.